The molecule has 2 aromatic heterocycles. The maximum absolute atomic E-state index is 10.6. The number of rotatable bonds is 5. The third-order valence-electron chi connectivity index (χ3n) is 5.04. The Kier molecular flexibility index (Phi) is 7.76. The van der Waals surface area contributed by atoms with Gasteiger partial charge in [-0.1, -0.05) is 49.4 Å². The van der Waals surface area contributed by atoms with Crippen molar-refractivity contribution >= 4 is 11.4 Å². The van der Waals surface area contributed by atoms with Crippen LogP contribution in [0, 0.1) is 13.8 Å². The van der Waals surface area contributed by atoms with Crippen LogP contribution < -0.4 is 0 Å². The molecule has 0 N–H and O–H groups in total. The van der Waals surface area contributed by atoms with Crippen molar-refractivity contribution < 1.29 is 4.79 Å². The molecule has 0 aliphatic heterocycles. The lowest BCUT2D eigenvalue weighted by Gasteiger charge is -2.18. The fourth-order valence-electron chi connectivity index (χ4n) is 3.17. The van der Waals surface area contributed by atoms with Crippen LogP contribution in [0.5, 0.6) is 0 Å². The maximum Gasteiger partial charge on any atom is 0.154 e. The Morgan fingerprint density at radius 2 is 1.67 bits per heavy atom. The second-order valence-corrected chi connectivity index (χ2v) is 7.75. The van der Waals surface area contributed by atoms with E-state index in [0.29, 0.717) is 0 Å². The zero-order chi connectivity index (χ0) is 22.4. The highest BCUT2D eigenvalue weighted by Gasteiger charge is 2.12. The van der Waals surface area contributed by atoms with Crippen molar-refractivity contribution in [3.8, 4) is 11.3 Å². The molecule has 4 nitrogen and oxygen atoms in total. The molecule has 0 aliphatic rings. The summed E-state index contributed by atoms with van der Waals surface area (Å²) in [4.78, 5) is 17.3. The lowest BCUT2D eigenvalue weighted by molar-refractivity contribution is -0.112. The molecule has 0 saturated carbocycles. The molecule has 0 spiro atoms. The number of carbonyl (C=O) groups is 1. The van der Waals surface area contributed by atoms with Crippen molar-refractivity contribution in [3.05, 3.63) is 83.5 Å². The summed E-state index contributed by atoms with van der Waals surface area (Å²) in [5.74, 6) is 0.0654. The quantitative estimate of drug-likeness (QED) is 0.481. The molecule has 0 bridgehead atoms. The van der Waals surface area contributed by atoms with Crippen molar-refractivity contribution in [3.63, 3.8) is 0 Å². The minimum Gasteiger partial charge on any atom is -0.353 e. The third kappa shape index (κ3) is 5.69. The van der Waals surface area contributed by atoms with Gasteiger partial charge in [0.1, 0.15) is 5.65 Å². The predicted octanol–water partition coefficient (Wildman–Crippen LogP) is 6.13. The smallest absolute Gasteiger partial charge is 0.154 e. The molecule has 0 amide bonds. The Bertz CT molecular complexity index is 1070. The van der Waals surface area contributed by atoms with Crippen LogP contribution in [0.2, 0.25) is 0 Å². The second-order valence-electron chi connectivity index (χ2n) is 7.75. The minimum atomic E-state index is 0.0654. The monoisotopic (exact) mass is 403 g/mol. The van der Waals surface area contributed by atoms with E-state index in [0.717, 1.165) is 29.2 Å². The van der Waals surface area contributed by atoms with Crippen LogP contribution in [0.3, 0.4) is 0 Å². The molecule has 4 heteroatoms. The van der Waals surface area contributed by atoms with E-state index in [2.05, 4.69) is 74.3 Å². The Morgan fingerprint density at radius 3 is 2.20 bits per heavy atom. The summed E-state index contributed by atoms with van der Waals surface area (Å²) in [6.07, 6.45) is 4.74. The first-order chi connectivity index (χ1) is 14.1. The first-order valence-electron chi connectivity index (χ1n) is 10.3. The molecular weight excluding hydrogens is 370 g/mol. The number of ketones is 1. The van der Waals surface area contributed by atoms with Gasteiger partial charge < -0.3 is 9.30 Å². The van der Waals surface area contributed by atoms with Gasteiger partial charge in [0.25, 0.3) is 0 Å². The number of carbonyl (C=O) groups excluding carboxylic acids is 1. The summed E-state index contributed by atoms with van der Waals surface area (Å²) in [5.41, 5.74) is 9.00. The number of benzene rings is 1. The van der Waals surface area contributed by atoms with Gasteiger partial charge >= 0.3 is 0 Å². The zero-order valence-electron chi connectivity index (χ0n) is 19.3. The number of nitrogens with zero attached hydrogens (tertiary/aromatic N) is 3. The fourth-order valence-corrected chi connectivity index (χ4v) is 3.17. The van der Waals surface area contributed by atoms with E-state index in [4.69, 9.17) is 4.98 Å². The summed E-state index contributed by atoms with van der Waals surface area (Å²) < 4.78 is 2.21. The average Bonchev–Trinajstić information content (AvgIpc) is 3.05. The molecule has 3 aromatic rings. The second kappa shape index (κ2) is 10.1. The lowest BCUT2D eigenvalue weighted by Crippen LogP contribution is -2.13. The zero-order valence-corrected chi connectivity index (χ0v) is 19.3. The van der Waals surface area contributed by atoms with Gasteiger partial charge in [0.2, 0.25) is 0 Å². The third-order valence-corrected chi connectivity index (χ3v) is 5.04. The standard InChI is InChI=1S/C17H18N2.C9H15NO/c1-4-15-17(14-8-5-12(2)6-9-14)18-16-10-7-13(3)11-19(15)16;1-7(2)10(5)8(3)6-9(4)11/h5-11H,4H2,1-3H3;6H,1H2,2-5H3/b;8-6+. The molecule has 3 rings (SSSR count). The van der Waals surface area contributed by atoms with Crippen LogP contribution >= 0.6 is 0 Å². The van der Waals surface area contributed by atoms with Crippen LogP contribution in [-0.4, -0.2) is 27.1 Å². The van der Waals surface area contributed by atoms with E-state index in [9.17, 15) is 4.79 Å². The number of aromatic nitrogens is 2. The van der Waals surface area contributed by atoms with Crippen molar-refractivity contribution in [2.75, 3.05) is 7.05 Å². The Balaban J connectivity index is 0.000000252. The molecule has 158 valence electrons. The van der Waals surface area contributed by atoms with Crippen LogP contribution in [0.15, 0.2) is 66.6 Å². The minimum absolute atomic E-state index is 0.0654. The maximum atomic E-state index is 10.6. The summed E-state index contributed by atoms with van der Waals surface area (Å²) in [6, 6.07) is 12.8. The molecule has 0 fully saturated rings. The first kappa shape index (κ1) is 23.1. The van der Waals surface area contributed by atoms with Gasteiger partial charge in [-0.15, -0.1) is 0 Å². The van der Waals surface area contributed by atoms with Gasteiger partial charge in [-0.2, -0.15) is 0 Å². The molecule has 0 atom stereocenters. The fraction of sp³-hybridized carbons (Fsp3) is 0.308. The topological polar surface area (TPSA) is 37.6 Å². The molecule has 0 radical (unpaired) electrons. The number of aryl methyl sites for hydroxylation is 3. The summed E-state index contributed by atoms with van der Waals surface area (Å²) >= 11 is 0. The Morgan fingerprint density at radius 1 is 1.07 bits per heavy atom. The average molecular weight is 404 g/mol. The number of hydrogen-bond acceptors (Lipinski definition) is 3. The van der Waals surface area contributed by atoms with Gasteiger partial charge in [0.15, 0.2) is 5.78 Å². The lowest BCUT2D eigenvalue weighted by atomic mass is 10.1. The van der Waals surface area contributed by atoms with Gasteiger partial charge in [-0.05, 0) is 58.7 Å². The molecule has 0 unspecified atom stereocenters. The summed E-state index contributed by atoms with van der Waals surface area (Å²) in [6.45, 7) is 15.5. The highest BCUT2D eigenvalue weighted by molar-refractivity contribution is 5.87. The Hall–Kier alpha value is -3.14. The number of hydrogen-bond donors (Lipinski definition) is 0. The van der Waals surface area contributed by atoms with Crippen molar-refractivity contribution in [1.29, 1.82) is 0 Å². The van der Waals surface area contributed by atoms with Crippen molar-refractivity contribution in [2.45, 2.75) is 48.0 Å². The largest absolute Gasteiger partial charge is 0.353 e. The molecule has 0 aliphatic carbocycles. The van der Waals surface area contributed by atoms with Gasteiger partial charge in [0.05, 0.1) is 11.4 Å². The van der Waals surface area contributed by atoms with Gasteiger partial charge in [-0.25, -0.2) is 4.98 Å². The number of fused-ring (bicyclic) bond motifs is 1. The Labute approximate surface area is 180 Å². The van der Waals surface area contributed by atoms with Gasteiger partial charge in [-0.3, -0.25) is 4.79 Å². The van der Waals surface area contributed by atoms with Crippen LogP contribution in [0.1, 0.15) is 44.5 Å². The number of imidazole rings is 1. The van der Waals surface area contributed by atoms with Crippen LogP contribution in [0.25, 0.3) is 16.9 Å². The molecular formula is C26H33N3O. The van der Waals surface area contributed by atoms with E-state index in [1.54, 1.807) is 6.08 Å². The van der Waals surface area contributed by atoms with E-state index >= 15 is 0 Å². The summed E-state index contributed by atoms with van der Waals surface area (Å²) in [5, 5.41) is 0. The van der Waals surface area contributed by atoms with E-state index < -0.39 is 0 Å². The van der Waals surface area contributed by atoms with E-state index in [-0.39, 0.29) is 5.78 Å². The number of allylic oxidation sites excluding steroid dienone is 3. The first-order valence-corrected chi connectivity index (χ1v) is 10.3. The molecule has 2 heterocycles. The van der Waals surface area contributed by atoms with Gasteiger partial charge in [0, 0.05) is 30.2 Å². The van der Waals surface area contributed by atoms with Crippen LogP contribution in [-0.2, 0) is 11.2 Å². The molecule has 1 aromatic carbocycles. The highest BCUT2D eigenvalue weighted by atomic mass is 16.1. The molecule has 30 heavy (non-hydrogen) atoms. The summed E-state index contributed by atoms with van der Waals surface area (Å²) in [7, 11) is 1.89. The van der Waals surface area contributed by atoms with Crippen molar-refractivity contribution in [1.82, 2.24) is 14.3 Å². The highest BCUT2D eigenvalue weighted by Crippen LogP contribution is 2.25. The number of pyridine rings is 1. The SMILES string of the molecule is C=C(C)N(C)/C(C)=C/C(C)=O.CCc1c(-c2ccc(C)cc2)nc2ccc(C)cn12. The normalized spacial score (nSPS) is 11.1. The van der Waals surface area contributed by atoms with Crippen molar-refractivity contribution in [2.24, 2.45) is 0 Å². The molecule has 0 saturated heterocycles. The van der Waals surface area contributed by atoms with Crippen LogP contribution in [0.4, 0.5) is 0 Å². The van der Waals surface area contributed by atoms with E-state index in [1.165, 1.54) is 29.3 Å². The van der Waals surface area contributed by atoms with E-state index in [1.807, 2.05) is 25.8 Å². The predicted molar refractivity (Wildman–Crippen MR) is 126 cm³/mol.